The van der Waals surface area contributed by atoms with E-state index in [1.807, 2.05) is 0 Å². The standard InChI is InChI=1S/C15H18ClFN6O2/c1-2-25-15(24)22-7-5-21(6-8-22)10-14-18-20-23(19-14)13-9-11(16)3-4-12(13)17/h3-4,9H,2,5-8,10H2,1H3. The molecule has 0 spiro atoms. The van der Waals surface area contributed by atoms with E-state index in [1.165, 1.54) is 18.2 Å². The molecule has 3 rings (SSSR count). The summed E-state index contributed by atoms with van der Waals surface area (Å²) >= 11 is 5.88. The Labute approximate surface area is 149 Å². The van der Waals surface area contributed by atoms with E-state index in [1.54, 1.807) is 11.8 Å². The van der Waals surface area contributed by atoms with Gasteiger partial charge in [0.2, 0.25) is 0 Å². The third kappa shape index (κ3) is 4.23. The van der Waals surface area contributed by atoms with E-state index < -0.39 is 5.82 Å². The number of nitrogens with zero attached hydrogens (tertiary/aromatic N) is 6. The van der Waals surface area contributed by atoms with Crippen LogP contribution in [0.1, 0.15) is 12.7 Å². The Morgan fingerprint density at radius 3 is 2.80 bits per heavy atom. The van der Waals surface area contributed by atoms with Crippen LogP contribution >= 0.6 is 11.6 Å². The number of amides is 1. The largest absolute Gasteiger partial charge is 0.450 e. The summed E-state index contributed by atoms with van der Waals surface area (Å²) in [5, 5.41) is 12.5. The molecule has 10 heteroatoms. The first kappa shape index (κ1) is 17.6. The first-order valence-corrected chi connectivity index (χ1v) is 8.33. The predicted octanol–water partition coefficient (Wildman–Crippen LogP) is 1.73. The van der Waals surface area contributed by atoms with E-state index >= 15 is 0 Å². The molecule has 0 bridgehead atoms. The minimum atomic E-state index is -0.476. The van der Waals surface area contributed by atoms with Gasteiger partial charge in [0.1, 0.15) is 5.69 Å². The van der Waals surface area contributed by atoms with Crippen LogP contribution in [0.5, 0.6) is 0 Å². The number of hydrogen-bond acceptors (Lipinski definition) is 6. The zero-order valence-electron chi connectivity index (χ0n) is 13.7. The van der Waals surface area contributed by atoms with Crippen LogP contribution in [0.2, 0.25) is 5.02 Å². The second kappa shape index (κ2) is 7.75. The molecule has 1 aliphatic rings. The van der Waals surface area contributed by atoms with Crippen molar-refractivity contribution in [1.82, 2.24) is 30.0 Å². The van der Waals surface area contributed by atoms with Crippen molar-refractivity contribution in [2.24, 2.45) is 0 Å². The molecular formula is C15H18ClFN6O2. The molecule has 1 aromatic heterocycles. The van der Waals surface area contributed by atoms with Crippen molar-refractivity contribution in [2.75, 3.05) is 32.8 Å². The molecule has 0 radical (unpaired) electrons. The molecule has 0 unspecified atom stereocenters. The van der Waals surface area contributed by atoms with Crippen LogP contribution in [0.25, 0.3) is 5.69 Å². The number of hydrogen-bond donors (Lipinski definition) is 0. The summed E-state index contributed by atoms with van der Waals surface area (Å²) < 4.78 is 18.8. The number of carbonyl (C=O) groups excluding carboxylic acids is 1. The molecule has 8 nitrogen and oxygen atoms in total. The van der Waals surface area contributed by atoms with Crippen LogP contribution in [-0.4, -0.2) is 68.9 Å². The van der Waals surface area contributed by atoms with Crippen LogP contribution in [0.15, 0.2) is 18.2 Å². The van der Waals surface area contributed by atoms with Crippen molar-refractivity contribution in [1.29, 1.82) is 0 Å². The second-order valence-electron chi connectivity index (χ2n) is 5.55. The van der Waals surface area contributed by atoms with Crippen molar-refractivity contribution in [3.63, 3.8) is 0 Å². The van der Waals surface area contributed by atoms with Crippen LogP contribution < -0.4 is 0 Å². The van der Waals surface area contributed by atoms with Crippen LogP contribution in [0.3, 0.4) is 0 Å². The Kier molecular flexibility index (Phi) is 5.44. The lowest BCUT2D eigenvalue weighted by molar-refractivity contribution is 0.0771. The fraction of sp³-hybridized carbons (Fsp3) is 0.467. The van der Waals surface area contributed by atoms with E-state index in [0.717, 1.165) is 4.80 Å². The SMILES string of the molecule is CCOC(=O)N1CCN(Cc2nnn(-c3cc(Cl)ccc3F)n2)CC1. The van der Waals surface area contributed by atoms with Gasteiger partial charge in [-0.25, -0.2) is 9.18 Å². The summed E-state index contributed by atoms with van der Waals surface area (Å²) in [5.41, 5.74) is 0.151. The van der Waals surface area contributed by atoms with Gasteiger partial charge in [0.25, 0.3) is 0 Å². The highest BCUT2D eigenvalue weighted by Crippen LogP contribution is 2.17. The molecule has 0 atom stereocenters. The number of halogens is 2. The number of tetrazole rings is 1. The van der Waals surface area contributed by atoms with Crippen molar-refractivity contribution < 1.29 is 13.9 Å². The molecule has 0 saturated carbocycles. The van der Waals surface area contributed by atoms with E-state index in [-0.39, 0.29) is 11.8 Å². The van der Waals surface area contributed by atoms with Gasteiger partial charge >= 0.3 is 6.09 Å². The normalized spacial score (nSPS) is 15.4. The van der Waals surface area contributed by atoms with Gasteiger partial charge in [-0.2, -0.15) is 0 Å². The van der Waals surface area contributed by atoms with Crippen LogP contribution in [-0.2, 0) is 11.3 Å². The minimum absolute atomic E-state index is 0.151. The summed E-state index contributed by atoms with van der Waals surface area (Å²) in [7, 11) is 0. The molecule has 1 fully saturated rings. The van der Waals surface area contributed by atoms with E-state index in [9.17, 15) is 9.18 Å². The second-order valence-corrected chi connectivity index (χ2v) is 5.99. The third-order valence-electron chi connectivity index (χ3n) is 3.84. The van der Waals surface area contributed by atoms with Crippen LogP contribution in [0, 0.1) is 5.82 Å². The Bertz CT molecular complexity index is 747. The quantitative estimate of drug-likeness (QED) is 0.818. The average molecular weight is 369 g/mol. The van der Waals surface area contributed by atoms with Gasteiger partial charge in [-0.3, -0.25) is 4.90 Å². The summed E-state index contributed by atoms with van der Waals surface area (Å²) in [6.45, 7) is 5.14. The predicted molar refractivity (Wildman–Crippen MR) is 88.0 cm³/mol. The zero-order chi connectivity index (χ0) is 17.8. The minimum Gasteiger partial charge on any atom is -0.450 e. The van der Waals surface area contributed by atoms with Gasteiger partial charge < -0.3 is 9.64 Å². The maximum absolute atomic E-state index is 13.9. The van der Waals surface area contributed by atoms with Gasteiger partial charge in [-0.05, 0) is 30.3 Å². The van der Waals surface area contributed by atoms with Crippen molar-refractivity contribution >= 4 is 17.7 Å². The molecule has 1 aliphatic heterocycles. The van der Waals surface area contributed by atoms with E-state index in [0.29, 0.717) is 50.2 Å². The summed E-state index contributed by atoms with van der Waals surface area (Å²) in [4.78, 5) is 16.6. The first-order valence-electron chi connectivity index (χ1n) is 7.95. The van der Waals surface area contributed by atoms with Gasteiger partial charge in [0.15, 0.2) is 11.6 Å². The maximum atomic E-state index is 13.9. The number of rotatable bonds is 4. The summed E-state index contributed by atoms with van der Waals surface area (Å²) in [5.74, 6) is 0.000334. The Morgan fingerprint density at radius 2 is 2.08 bits per heavy atom. The third-order valence-corrected chi connectivity index (χ3v) is 4.08. The smallest absolute Gasteiger partial charge is 0.409 e. The molecule has 1 aromatic carbocycles. The Balaban J connectivity index is 1.59. The summed E-state index contributed by atoms with van der Waals surface area (Å²) in [6, 6.07) is 4.16. The molecule has 1 amide bonds. The lowest BCUT2D eigenvalue weighted by atomic mass is 10.3. The summed E-state index contributed by atoms with van der Waals surface area (Å²) in [6.07, 6.45) is -0.289. The molecule has 134 valence electrons. The highest BCUT2D eigenvalue weighted by molar-refractivity contribution is 6.30. The fourth-order valence-corrected chi connectivity index (χ4v) is 2.72. The van der Waals surface area contributed by atoms with Gasteiger partial charge in [-0.1, -0.05) is 11.6 Å². The van der Waals surface area contributed by atoms with Crippen molar-refractivity contribution in [3.05, 3.63) is 34.9 Å². The zero-order valence-corrected chi connectivity index (χ0v) is 14.5. The van der Waals surface area contributed by atoms with E-state index in [4.69, 9.17) is 16.3 Å². The lowest BCUT2D eigenvalue weighted by Gasteiger charge is -2.33. The highest BCUT2D eigenvalue weighted by atomic mass is 35.5. The van der Waals surface area contributed by atoms with E-state index in [2.05, 4.69) is 20.3 Å². The topological polar surface area (TPSA) is 76.4 Å². The molecule has 2 aromatic rings. The van der Waals surface area contributed by atoms with Crippen molar-refractivity contribution in [3.8, 4) is 5.69 Å². The highest BCUT2D eigenvalue weighted by Gasteiger charge is 2.23. The molecule has 0 aliphatic carbocycles. The van der Waals surface area contributed by atoms with Gasteiger partial charge in [0.05, 0.1) is 13.2 Å². The number of carbonyl (C=O) groups is 1. The molecule has 2 heterocycles. The lowest BCUT2D eigenvalue weighted by Crippen LogP contribution is -2.48. The molecule has 1 saturated heterocycles. The van der Waals surface area contributed by atoms with Gasteiger partial charge in [-0.15, -0.1) is 15.0 Å². The number of aromatic nitrogens is 4. The fourth-order valence-electron chi connectivity index (χ4n) is 2.55. The maximum Gasteiger partial charge on any atom is 0.409 e. The monoisotopic (exact) mass is 368 g/mol. The van der Waals surface area contributed by atoms with Crippen molar-refractivity contribution in [2.45, 2.75) is 13.5 Å². The van der Waals surface area contributed by atoms with Gasteiger partial charge in [0, 0.05) is 31.2 Å². The molecular weight excluding hydrogens is 351 g/mol. The Morgan fingerprint density at radius 1 is 1.32 bits per heavy atom. The number of benzene rings is 1. The average Bonchev–Trinajstić information content (AvgIpc) is 3.06. The molecule has 25 heavy (non-hydrogen) atoms. The number of piperazine rings is 1. The Hall–Kier alpha value is -2.26. The molecule has 0 N–H and O–H groups in total. The number of ether oxygens (including phenoxy) is 1. The first-order chi connectivity index (χ1) is 12.1. The van der Waals surface area contributed by atoms with Crippen LogP contribution in [0.4, 0.5) is 9.18 Å².